The van der Waals surface area contributed by atoms with Gasteiger partial charge in [0.25, 0.3) is 0 Å². The van der Waals surface area contributed by atoms with Crippen LogP contribution in [0.5, 0.6) is 0 Å². The van der Waals surface area contributed by atoms with Crippen molar-refractivity contribution in [3.8, 4) is 6.07 Å². The number of nitriles is 1. The molecular formula is C27H38N4O6. The summed E-state index contributed by atoms with van der Waals surface area (Å²) in [5, 5.41) is 14.8. The van der Waals surface area contributed by atoms with Crippen molar-refractivity contribution in [3.63, 3.8) is 0 Å². The molecule has 2 N–H and O–H groups in total. The Morgan fingerprint density at radius 2 is 1.89 bits per heavy atom. The topological polar surface area (TPSA) is 138 Å². The molecule has 1 aromatic rings. The van der Waals surface area contributed by atoms with Gasteiger partial charge in [0, 0.05) is 6.54 Å². The maximum Gasteiger partial charge on any atom is 0.408 e. The molecule has 0 bridgehead atoms. The molecule has 10 nitrogen and oxygen atoms in total. The van der Waals surface area contributed by atoms with E-state index in [2.05, 4.69) is 17.2 Å². The van der Waals surface area contributed by atoms with Crippen molar-refractivity contribution in [1.82, 2.24) is 15.5 Å². The fraction of sp³-hybridized carbons (Fsp3) is 0.519. The van der Waals surface area contributed by atoms with Crippen LogP contribution in [0.3, 0.4) is 0 Å². The number of nitrogens with zero attached hydrogens (tertiary/aromatic N) is 2. The van der Waals surface area contributed by atoms with Gasteiger partial charge in [-0.15, -0.1) is 0 Å². The number of carbonyl (C=O) groups is 4. The highest BCUT2D eigenvalue weighted by atomic mass is 16.6. The Labute approximate surface area is 219 Å². The SMILES string of the molecule is C=Cc1cccc(C(C(=O)NCCC(=O)OCC)N(CC#N)C(=O)C(NC(=O)OC(C)(C)C)C(C)C)c1. The van der Waals surface area contributed by atoms with Gasteiger partial charge in [0.05, 0.1) is 19.1 Å². The van der Waals surface area contributed by atoms with E-state index in [9.17, 15) is 24.4 Å². The van der Waals surface area contributed by atoms with Gasteiger partial charge in [-0.3, -0.25) is 14.4 Å². The van der Waals surface area contributed by atoms with Crippen LogP contribution in [0.25, 0.3) is 6.08 Å². The fourth-order valence-corrected chi connectivity index (χ4v) is 3.45. The Bertz CT molecular complexity index is 1010. The van der Waals surface area contributed by atoms with Crippen LogP contribution in [0.2, 0.25) is 0 Å². The highest BCUT2D eigenvalue weighted by Crippen LogP contribution is 2.25. The predicted octanol–water partition coefficient (Wildman–Crippen LogP) is 3.34. The van der Waals surface area contributed by atoms with Crippen LogP contribution in [0.15, 0.2) is 30.8 Å². The number of rotatable bonds is 12. The zero-order chi connectivity index (χ0) is 28.2. The van der Waals surface area contributed by atoms with Crippen LogP contribution in [0.1, 0.15) is 65.1 Å². The molecule has 0 heterocycles. The largest absolute Gasteiger partial charge is 0.466 e. The molecule has 37 heavy (non-hydrogen) atoms. The summed E-state index contributed by atoms with van der Waals surface area (Å²) < 4.78 is 10.2. The summed E-state index contributed by atoms with van der Waals surface area (Å²) in [6, 6.07) is 6.50. The van der Waals surface area contributed by atoms with Gasteiger partial charge >= 0.3 is 12.1 Å². The van der Waals surface area contributed by atoms with Crippen molar-refractivity contribution in [2.45, 2.75) is 65.6 Å². The minimum atomic E-state index is -1.21. The summed E-state index contributed by atoms with van der Waals surface area (Å²) in [7, 11) is 0. The molecule has 1 rings (SSSR count). The second-order valence-electron chi connectivity index (χ2n) is 9.62. The number of alkyl carbamates (subject to hydrolysis) is 1. The lowest BCUT2D eigenvalue weighted by Crippen LogP contribution is -2.55. The Kier molecular flexibility index (Phi) is 12.3. The lowest BCUT2D eigenvalue weighted by Gasteiger charge is -2.34. The average molecular weight is 515 g/mol. The Morgan fingerprint density at radius 1 is 1.22 bits per heavy atom. The first-order chi connectivity index (χ1) is 17.3. The molecule has 0 saturated carbocycles. The summed E-state index contributed by atoms with van der Waals surface area (Å²) in [5.41, 5.74) is 0.362. The number of ether oxygens (including phenoxy) is 2. The lowest BCUT2D eigenvalue weighted by molar-refractivity contribution is -0.144. The molecule has 0 saturated heterocycles. The van der Waals surface area contributed by atoms with Gasteiger partial charge in [-0.2, -0.15) is 5.26 Å². The molecule has 10 heteroatoms. The molecule has 2 atom stereocenters. The molecule has 202 valence electrons. The quantitative estimate of drug-likeness (QED) is 0.322. The third-order valence-electron chi connectivity index (χ3n) is 5.08. The molecular weight excluding hydrogens is 476 g/mol. The van der Waals surface area contributed by atoms with E-state index in [0.717, 1.165) is 4.90 Å². The van der Waals surface area contributed by atoms with Crippen LogP contribution >= 0.6 is 0 Å². The van der Waals surface area contributed by atoms with Crippen LogP contribution in [0.4, 0.5) is 4.79 Å². The smallest absolute Gasteiger partial charge is 0.408 e. The molecule has 0 aliphatic heterocycles. The van der Waals surface area contributed by atoms with Gasteiger partial charge in [0.1, 0.15) is 24.2 Å². The maximum atomic E-state index is 13.7. The van der Waals surface area contributed by atoms with Crippen LogP contribution in [0, 0.1) is 17.2 Å². The molecule has 3 amide bonds. The summed E-state index contributed by atoms with van der Waals surface area (Å²) in [5.74, 6) is -2.07. The van der Waals surface area contributed by atoms with E-state index in [0.29, 0.717) is 11.1 Å². The fourth-order valence-electron chi connectivity index (χ4n) is 3.45. The van der Waals surface area contributed by atoms with Crippen LogP contribution in [-0.2, 0) is 23.9 Å². The summed E-state index contributed by atoms with van der Waals surface area (Å²) >= 11 is 0. The van der Waals surface area contributed by atoms with Crippen molar-refractivity contribution in [3.05, 3.63) is 42.0 Å². The van der Waals surface area contributed by atoms with Gasteiger partial charge in [0.2, 0.25) is 11.8 Å². The van der Waals surface area contributed by atoms with Crippen LogP contribution < -0.4 is 10.6 Å². The number of benzene rings is 1. The van der Waals surface area contributed by atoms with Crippen LogP contribution in [-0.4, -0.2) is 60.1 Å². The molecule has 0 aliphatic rings. The molecule has 0 fully saturated rings. The monoisotopic (exact) mass is 514 g/mol. The molecule has 0 radical (unpaired) electrons. The number of hydrogen-bond donors (Lipinski definition) is 2. The Hall–Kier alpha value is -3.87. The third-order valence-corrected chi connectivity index (χ3v) is 5.08. The highest BCUT2D eigenvalue weighted by molar-refractivity contribution is 5.92. The van der Waals surface area contributed by atoms with Crippen molar-refractivity contribution in [2.75, 3.05) is 19.7 Å². The lowest BCUT2D eigenvalue weighted by atomic mass is 9.98. The first-order valence-corrected chi connectivity index (χ1v) is 12.2. The average Bonchev–Trinajstić information content (AvgIpc) is 2.81. The highest BCUT2D eigenvalue weighted by Gasteiger charge is 2.37. The minimum Gasteiger partial charge on any atom is -0.466 e. The number of esters is 1. The normalized spacial score (nSPS) is 12.5. The Balaban J connectivity index is 3.39. The van der Waals surface area contributed by atoms with Gasteiger partial charge in [-0.1, -0.05) is 44.7 Å². The summed E-state index contributed by atoms with van der Waals surface area (Å²) in [6.07, 6.45) is 0.747. The molecule has 1 aromatic carbocycles. The Morgan fingerprint density at radius 3 is 2.43 bits per heavy atom. The number of nitrogens with one attached hydrogen (secondary N) is 2. The first-order valence-electron chi connectivity index (χ1n) is 12.2. The van der Waals surface area contributed by atoms with E-state index in [-0.39, 0.29) is 25.5 Å². The number of amides is 3. The standard InChI is InChI=1S/C27H38N4O6/c1-8-19-11-10-12-20(17-19)23(24(33)29-15-13-21(32)36-9-2)31(16-14-28)25(34)22(18(3)4)30-26(35)37-27(5,6)7/h8,10-12,17-18,22-23H,1,9,13,15-16H2,2-7H3,(H,29,33)(H,30,35). The van der Waals surface area contributed by atoms with Crippen molar-refractivity contribution >= 4 is 30.0 Å². The predicted molar refractivity (Wildman–Crippen MR) is 139 cm³/mol. The number of hydrogen-bond acceptors (Lipinski definition) is 7. The molecule has 0 spiro atoms. The van der Waals surface area contributed by atoms with E-state index in [1.165, 1.54) is 0 Å². The van der Waals surface area contributed by atoms with Gasteiger partial charge in [0.15, 0.2) is 0 Å². The van der Waals surface area contributed by atoms with Gasteiger partial charge in [-0.25, -0.2) is 4.79 Å². The van der Waals surface area contributed by atoms with Gasteiger partial charge in [-0.05, 0) is 50.8 Å². The molecule has 0 aliphatic carbocycles. The third kappa shape index (κ3) is 10.3. The minimum absolute atomic E-state index is 0.0202. The van der Waals surface area contributed by atoms with E-state index in [1.54, 1.807) is 71.9 Å². The zero-order valence-electron chi connectivity index (χ0n) is 22.5. The zero-order valence-corrected chi connectivity index (χ0v) is 22.5. The van der Waals surface area contributed by atoms with Crippen molar-refractivity contribution < 1.29 is 28.7 Å². The van der Waals surface area contributed by atoms with E-state index >= 15 is 0 Å². The first kappa shape index (κ1) is 31.2. The summed E-state index contributed by atoms with van der Waals surface area (Å²) in [4.78, 5) is 52.4. The van der Waals surface area contributed by atoms with Gasteiger partial charge < -0.3 is 25.0 Å². The molecule has 0 aromatic heterocycles. The van der Waals surface area contributed by atoms with Crippen molar-refractivity contribution in [2.24, 2.45) is 5.92 Å². The second-order valence-corrected chi connectivity index (χ2v) is 9.62. The van der Waals surface area contributed by atoms with E-state index in [4.69, 9.17) is 9.47 Å². The maximum absolute atomic E-state index is 13.7. The van der Waals surface area contributed by atoms with Crippen molar-refractivity contribution in [1.29, 1.82) is 5.26 Å². The number of carbonyl (C=O) groups excluding carboxylic acids is 4. The molecule has 2 unspecified atom stereocenters. The summed E-state index contributed by atoms with van der Waals surface area (Å²) in [6.45, 7) is 13.8. The van der Waals surface area contributed by atoms with E-state index < -0.39 is 48.1 Å². The second kappa shape index (κ2) is 14.6. The van der Waals surface area contributed by atoms with E-state index in [1.807, 2.05) is 6.07 Å².